The topological polar surface area (TPSA) is 0 Å². The van der Waals surface area contributed by atoms with E-state index in [-0.39, 0.29) is 32.7 Å². The van der Waals surface area contributed by atoms with Gasteiger partial charge in [-0.3, -0.25) is 0 Å². The monoisotopic (exact) mass is 384 g/mol. The van der Waals surface area contributed by atoms with Gasteiger partial charge in [0.05, 0.1) is 0 Å². The Labute approximate surface area is 139 Å². The van der Waals surface area contributed by atoms with Crippen molar-refractivity contribution in [2.45, 2.75) is 9.28 Å². The van der Waals surface area contributed by atoms with Gasteiger partial charge in [0.25, 0.3) is 0 Å². The molecule has 1 aliphatic heterocycles. The van der Waals surface area contributed by atoms with Gasteiger partial charge in [-0.25, -0.2) is 0 Å². The van der Waals surface area contributed by atoms with Crippen molar-refractivity contribution in [2.24, 2.45) is 0 Å². The first-order valence-corrected chi connectivity index (χ1v) is 10.3. The minimum atomic E-state index is -0.471. The van der Waals surface area contributed by atoms with Crippen LogP contribution in [0.5, 0.6) is 0 Å². The van der Waals surface area contributed by atoms with Crippen LogP contribution < -0.4 is 24.8 Å². The molecule has 0 N–H and O–H groups in total. The fourth-order valence-corrected chi connectivity index (χ4v) is 13.3. The van der Waals surface area contributed by atoms with Crippen molar-refractivity contribution >= 4 is 14.0 Å². The van der Waals surface area contributed by atoms with Crippen molar-refractivity contribution in [3.8, 4) is 0 Å². The van der Waals surface area contributed by atoms with Gasteiger partial charge < -0.3 is 24.8 Å². The molecule has 1 heterocycles. The molecule has 1 spiro atoms. The number of allylic oxidation sites excluding steroid dienone is 5. The Morgan fingerprint density at radius 2 is 1.95 bits per heavy atom. The SMILES string of the molecule is CP1C2=[C](CC=C2)[Zr+2][C]12C=Cc1ccccc12.[Cl-].[Cl-]. The summed E-state index contributed by atoms with van der Waals surface area (Å²) in [6.45, 7) is 2.50. The number of halogens is 2. The molecule has 0 saturated carbocycles. The molecular weight excluding hydrogens is 373 g/mol. The molecule has 0 aromatic heterocycles. The van der Waals surface area contributed by atoms with E-state index in [2.05, 4.69) is 55.2 Å². The molecular formula is C15H13Cl2PZr. The van der Waals surface area contributed by atoms with E-state index in [9.17, 15) is 0 Å². The summed E-state index contributed by atoms with van der Waals surface area (Å²) >= 11 is -0.471. The summed E-state index contributed by atoms with van der Waals surface area (Å²) in [6.07, 6.45) is 11.0. The average Bonchev–Trinajstić information content (AvgIpc) is 3.00. The molecule has 3 aliphatic rings. The first-order valence-electron chi connectivity index (χ1n) is 6.02. The van der Waals surface area contributed by atoms with Gasteiger partial charge in [-0.15, -0.1) is 0 Å². The van der Waals surface area contributed by atoms with Crippen molar-refractivity contribution < 1.29 is 48.0 Å². The second-order valence-corrected chi connectivity index (χ2v) is 12.2. The second kappa shape index (κ2) is 5.61. The maximum absolute atomic E-state index is 2.56. The summed E-state index contributed by atoms with van der Waals surface area (Å²) in [5.74, 6) is 0. The van der Waals surface area contributed by atoms with Gasteiger partial charge in [-0.05, 0) is 0 Å². The first-order chi connectivity index (χ1) is 8.31. The molecule has 0 bridgehead atoms. The van der Waals surface area contributed by atoms with Crippen LogP contribution in [0.3, 0.4) is 0 Å². The Balaban J connectivity index is 0.000000667. The summed E-state index contributed by atoms with van der Waals surface area (Å²) in [4.78, 5) is 0. The van der Waals surface area contributed by atoms with Crippen molar-refractivity contribution in [1.82, 2.24) is 0 Å². The molecule has 2 aliphatic carbocycles. The van der Waals surface area contributed by atoms with E-state index in [0.717, 1.165) is 0 Å². The van der Waals surface area contributed by atoms with Crippen molar-refractivity contribution in [2.75, 3.05) is 6.66 Å². The Morgan fingerprint density at radius 1 is 1.16 bits per heavy atom. The van der Waals surface area contributed by atoms with Gasteiger partial charge in [-0.1, -0.05) is 0 Å². The van der Waals surface area contributed by atoms with Crippen LogP contribution in [0.4, 0.5) is 0 Å². The zero-order valence-electron chi connectivity index (χ0n) is 10.5. The summed E-state index contributed by atoms with van der Waals surface area (Å²) in [5.41, 5.74) is 3.12. The third-order valence-electron chi connectivity index (χ3n) is 4.01. The molecule has 0 nitrogen and oxygen atoms in total. The molecule has 1 aromatic carbocycles. The van der Waals surface area contributed by atoms with E-state index in [1.807, 2.05) is 3.28 Å². The van der Waals surface area contributed by atoms with Crippen LogP contribution in [0.1, 0.15) is 17.5 Å². The number of benzene rings is 1. The number of hydrogen-bond donors (Lipinski definition) is 0. The van der Waals surface area contributed by atoms with Crippen LogP contribution in [-0.4, -0.2) is 6.66 Å². The molecule has 4 heteroatoms. The van der Waals surface area contributed by atoms with Gasteiger partial charge in [0.15, 0.2) is 0 Å². The summed E-state index contributed by atoms with van der Waals surface area (Å²) in [6, 6.07) is 9.04. The van der Waals surface area contributed by atoms with Gasteiger partial charge in [0, 0.05) is 0 Å². The Kier molecular flexibility index (Phi) is 4.64. The minimum absolute atomic E-state index is 0. The van der Waals surface area contributed by atoms with Crippen LogP contribution >= 0.6 is 7.92 Å². The minimum Gasteiger partial charge on any atom is -1.00 e. The molecule has 2 unspecified atom stereocenters. The van der Waals surface area contributed by atoms with E-state index >= 15 is 0 Å². The molecule has 1 aromatic rings. The van der Waals surface area contributed by atoms with Gasteiger partial charge in [-0.2, -0.15) is 0 Å². The largest absolute Gasteiger partial charge is 1.00 e. The Bertz CT molecular complexity index is 606. The Hall–Kier alpha value is 0.333. The predicted octanol–water partition coefficient (Wildman–Crippen LogP) is -1.75. The molecule has 0 fully saturated rings. The fourth-order valence-electron chi connectivity index (χ4n) is 3.12. The van der Waals surface area contributed by atoms with Crippen molar-refractivity contribution in [3.05, 3.63) is 62.2 Å². The number of fused-ring (bicyclic) bond motifs is 2. The van der Waals surface area contributed by atoms with Crippen LogP contribution in [-0.2, 0) is 26.1 Å². The molecule has 0 radical (unpaired) electrons. The van der Waals surface area contributed by atoms with E-state index in [4.69, 9.17) is 0 Å². The summed E-state index contributed by atoms with van der Waals surface area (Å²) < 4.78 is 2.37. The molecule has 0 saturated heterocycles. The van der Waals surface area contributed by atoms with Gasteiger partial charge >= 0.3 is 115 Å². The fraction of sp³-hybridized carbons (Fsp3) is 0.200. The van der Waals surface area contributed by atoms with Crippen LogP contribution in [0.15, 0.2) is 51.1 Å². The van der Waals surface area contributed by atoms with Crippen LogP contribution in [0, 0.1) is 0 Å². The zero-order chi connectivity index (χ0) is 11.5. The smallest absolute Gasteiger partial charge is 1.00 e. The van der Waals surface area contributed by atoms with E-state index < -0.39 is 23.2 Å². The molecule has 96 valence electrons. The van der Waals surface area contributed by atoms with Crippen molar-refractivity contribution in [3.63, 3.8) is 0 Å². The quantitative estimate of drug-likeness (QED) is 0.465. The maximum Gasteiger partial charge on any atom is -1.00 e. The van der Waals surface area contributed by atoms with Crippen molar-refractivity contribution in [1.29, 1.82) is 0 Å². The molecule has 2 atom stereocenters. The molecule has 4 rings (SSSR count). The second-order valence-electron chi connectivity index (χ2n) is 4.84. The number of rotatable bonds is 0. The maximum atomic E-state index is 2.56. The standard InChI is InChI=1S/C15H13P.2ClH.Zr/c1-16(13-7-3-4-8-13)15-11-10-12-6-2-5-9-14(12)15;;;/h2-3,5-7,9-11H,4H2,1H3;2*1H;/q;;;+2/p-2. The number of hydrogen-bond acceptors (Lipinski definition) is 0. The zero-order valence-corrected chi connectivity index (χ0v) is 15.4. The Morgan fingerprint density at radius 3 is 2.74 bits per heavy atom. The van der Waals surface area contributed by atoms with E-state index in [1.165, 1.54) is 12.0 Å². The molecule has 0 amide bonds. The predicted molar refractivity (Wildman–Crippen MR) is 70.8 cm³/mol. The van der Waals surface area contributed by atoms with E-state index in [1.54, 1.807) is 10.9 Å². The van der Waals surface area contributed by atoms with Gasteiger partial charge in [0.2, 0.25) is 0 Å². The van der Waals surface area contributed by atoms with Crippen LogP contribution in [0.2, 0.25) is 0 Å². The average molecular weight is 386 g/mol. The van der Waals surface area contributed by atoms with E-state index in [0.29, 0.717) is 2.86 Å². The first kappa shape index (κ1) is 15.7. The van der Waals surface area contributed by atoms with Crippen LogP contribution in [0.25, 0.3) is 6.08 Å². The third-order valence-corrected chi connectivity index (χ3v) is 14.2. The molecule has 19 heavy (non-hydrogen) atoms. The third kappa shape index (κ3) is 2.09. The summed E-state index contributed by atoms with van der Waals surface area (Å²) in [7, 11) is 0.00418. The van der Waals surface area contributed by atoms with Gasteiger partial charge in [0.1, 0.15) is 0 Å². The normalized spacial score (nSPS) is 28.4. The summed E-state index contributed by atoms with van der Waals surface area (Å²) in [5, 5.41) is 1.74.